The highest BCUT2D eigenvalue weighted by atomic mass is 32.1. The van der Waals surface area contributed by atoms with Gasteiger partial charge in [0.05, 0.1) is 29.5 Å². The molecule has 23 heavy (non-hydrogen) atoms. The van der Waals surface area contributed by atoms with Gasteiger partial charge in [-0.1, -0.05) is 23.5 Å². The molecule has 2 heterocycles. The van der Waals surface area contributed by atoms with Crippen molar-refractivity contribution in [3.8, 4) is 0 Å². The van der Waals surface area contributed by atoms with Crippen LogP contribution in [-0.4, -0.2) is 35.5 Å². The minimum absolute atomic E-state index is 0.189. The zero-order valence-corrected chi connectivity index (χ0v) is 13.3. The third-order valence-electron chi connectivity index (χ3n) is 3.44. The van der Waals surface area contributed by atoms with Gasteiger partial charge in [-0.3, -0.25) is 14.4 Å². The molecule has 3 rings (SSSR count). The zero-order valence-electron chi connectivity index (χ0n) is 12.5. The predicted octanol–water partition coefficient (Wildman–Crippen LogP) is 1.77. The Bertz CT molecular complexity index is 809. The average molecular weight is 331 g/mol. The van der Waals surface area contributed by atoms with E-state index in [1.807, 2.05) is 24.3 Å². The number of benzene rings is 1. The van der Waals surface area contributed by atoms with Gasteiger partial charge in [-0.05, 0) is 19.1 Å². The summed E-state index contributed by atoms with van der Waals surface area (Å²) >= 11 is 1.30. The van der Waals surface area contributed by atoms with Gasteiger partial charge in [0.2, 0.25) is 5.13 Å². The van der Waals surface area contributed by atoms with Crippen LogP contribution in [0.15, 0.2) is 29.4 Å². The van der Waals surface area contributed by atoms with Gasteiger partial charge in [0, 0.05) is 0 Å². The molecule has 7 nitrogen and oxygen atoms in total. The average Bonchev–Trinajstić information content (AvgIpc) is 3.07. The molecule has 0 aliphatic carbocycles. The summed E-state index contributed by atoms with van der Waals surface area (Å²) in [5.74, 6) is -2.45. The summed E-state index contributed by atoms with van der Waals surface area (Å²) in [6, 6.07) is 7.44. The molecule has 1 unspecified atom stereocenters. The molecular weight excluding hydrogens is 318 g/mol. The zero-order chi connectivity index (χ0) is 16.6. The highest BCUT2D eigenvalue weighted by Gasteiger charge is 2.41. The van der Waals surface area contributed by atoms with Crippen LogP contribution in [0.3, 0.4) is 0 Å². The summed E-state index contributed by atoms with van der Waals surface area (Å²) in [4.78, 5) is 40.1. The van der Waals surface area contributed by atoms with Gasteiger partial charge >= 0.3 is 5.97 Å². The fourth-order valence-electron chi connectivity index (χ4n) is 2.35. The first-order valence-electron chi connectivity index (χ1n) is 6.85. The minimum Gasteiger partial charge on any atom is -0.469 e. The molecule has 0 saturated heterocycles. The first kappa shape index (κ1) is 15.3. The Balaban J connectivity index is 1.99. The largest absolute Gasteiger partial charge is 0.469 e. The van der Waals surface area contributed by atoms with Crippen LogP contribution in [-0.2, 0) is 19.1 Å². The number of ketones is 1. The van der Waals surface area contributed by atoms with E-state index in [1.54, 1.807) is 0 Å². The van der Waals surface area contributed by atoms with Crippen molar-refractivity contribution >= 4 is 50.1 Å². The van der Waals surface area contributed by atoms with Gasteiger partial charge < -0.3 is 4.74 Å². The number of fused-ring (bicyclic) bond motifs is 1. The number of amides is 1. The number of carbonyl (C=O) groups excluding carboxylic acids is 3. The second kappa shape index (κ2) is 5.88. The molecule has 1 amide bonds. The van der Waals surface area contributed by atoms with Gasteiger partial charge in [-0.2, -0.15) is 10.1 Å². The van der Waals surface area contributed by atoms with E-state index in [2.05, 4.69) is 14.8 Å². The SMILES string of the molecule is COC(=O)CC1=NN(c2nc3ccccc3s2)C(=O)C1C(C)=O. The molecule has 0 N–H and O–H groups in total. The molecule has 0 saturated carbocycles. The summed E-state index contributed by atoms with van der Waals surface area (Å²) < 4.78 is 5.50. The Morgan fingerprint density at radius 1 is 1.35 bits per heavy atom. The van der Waals surface area contributed by atoms with Gasteiger partial charge in [-0.25, -0.2) is 4.98 Å². The Kier molecular flexibility index (Phi) is 3.91. The number of para-hydroxylation sites is 1. The Morgan fingerprint density at radius 3 is 2.74 bits per heavy atom. The topological polar surface area (TPSA) is 88.9 Å². The van der Waals surface area contributed by atoms with Crippen molar-refractivity contribution in [1.82, 2.24) is 4.98 Å². The highest BCUT2D eigenvalue weighted by molar-refractivity contribution is 7.22. The number of rotatable bonds is 4. The van der Waals surface area contributed by atoms with E-state index in [1.165, 1.54) is 25.4 Å². The van der Waals surface area contributed by atoms with Crippen molar-refractivity contribution in [3.05, 3.63) is 24.3 Å². The lowest BCUT2D eigenvalue weighted by molar-refractivity contribution is -0.139. The molecule has 0 bridgehead atoms. The third-order valence-corrected chi connectivity index (χ3v) is 4.45. The fourth-order valence-corrected chi connectivity index (χ4v) is 3.28. The number of methoxy groups -OCH3 is 1. The number of aromatic nitrogens is 1. The Morgan fingerprint density at radius 2 is 2.09 bits per heavy atom. The predicted molar refractivity (Wildman–Crippen MR) is 85.3 cm³/mol. The molecule has 1 aromatic heterocycles. The van der Waals surface area contributed by atoms with Crippen LogP contribution in [0.25, 0.3) is 10.2 Å². The standard InChI is InChI=1S/C15H13N3O4S/c1-8(19)13-10(7-12(20)22-2)17-18(14(13)21)15-16-9-5-3-4-6-11(9)23-15/h3-6,13H,7H2,1-2H3. The lowest BCUT2D eigenvalue weighted by Crippen LogP contribution is -2.32. The van der Waals surface area contributed by atoms with Crippen LogP contribution in [0.1, 0.15) is 13.3 Å². The highest BCUT2D eigenvalue weighted by Crippen LogP contribution is 2.32. The van der Waals surface area contributed by atoms with Crippen LogP contribution >= 0.6 is 11.3 Å². The first-order chi connectivity index (χ1) is 11.0. The van der Waals surface area contributed by atoms with Crippen LogP contribution in [0, 0.1) is 5.92 Å². The fraction of sp³-hybridized carbons (Fsp3) is 0.267. The smallest absolute Gasteiger partial charge is 0.311 e. The number of esters is 1. The second-order valence-electron chi connectivity index (χ2n) is 5.00. The molecule has 0 fully saturated rings. The number of thiazole rings is 1. The molecule has 0 radical (unpaired) electrons. The molecule has 1 atom stereocenters. The maximum absolute atomic E-state index is 12.5. The van der Waals surface area contributed by atoms with Crippen LogP contribution < -0.4 is 5.01 Å². The van der Waals surface area contributed by atoms with Crippen LogP contribution in [0.5, 0.6) is 0 Å². The minimum atomic E-state index is -1.05. The van der Waals surface area contributed by atoms with Crippen LogP contribution in [0.2, 0.25) is 0 Å². The maximum atomic E-state index is 12.5. The molecule has 1 aromatic carbocycles. The summed E-state index contributed by atoms with van der Waals surface area (Å²) in [6.07, 6.45) is -0.201. The molecule has 2 aromatic rings. The van der Waals surface area contributed by atoms with Crippen LogP contribution in [0.4, 0.5) is 5.13 Å². The number of carbonyl (C=O) groups is 3. The molecule has 8 heteroatoms. The van der Waals surface area contributed by atoms with E-state index in [4.69, 9.17) is 0 Å². The Hall–Kier alpha value is -2.61. The van der Waals surface area contributed by atoms with Gasteiger partial charge in [0.25, 0.3) is 5.91 Å². The van der Waals surface area contributed by atoms with E-state index in [9.17, 15) is 14.4 Å². The number of nitrogens with zero attached hydrogens (tertiary/aromatic N) is 3. The van der Waals surface area contributed by atoms with Gasteiger partial charge in [0.15, 0.2) is 0 Å². The second-order valence-corrected chi connectivity index (χ2v) is 6.01. The number of Topliss-reactive ketones (excluding diaryl/α,β-unsaturated/α-hetero) is 1. The molecule has 1 aliphatic rings. The number of anilines is 1. The van der Waals surface area contributed by atoms with Crippen molar-refractivity contribution in [2.75, 3.05) is 12.1 Å². The summed E-state index contributed by atoms with van der Waals surface area (Å²) in [5.41, 5.74) is 0.935. The van der Waals surface area contributed by atoms with Gasteiger partial charge in [0.1, 0.15) is 11.7 Å². The normalized spacial score (nSPS) is 17.5. The van der Waals surface area contributed by atoms with E-state index in [-0.39, 0.29) is 17.9 Å². The first-order valence-corrected chi connectivity index (χ1v) is 7.67. The quantitative estimate of drug-likeness (QED) is 0.629. The van der Waals surface area contributed by atoms with E-state index in [0.29, 0.717) is 5.13 Å². The molecule has 118 valence electrons. The van der Waals surface area contributed by atoms with E-state index < -0.39 is 17.8 Å². The number of ether oxygens (including phenoxy) is 1. The summed E-state index contributed by atoms with van der Waals surface area (Å²) in [6.45, 7) is 1.30. The summed E-state index contributed by atoms with van der Waals surface area (Å²) in [5, 5.41) is 5.64. The van der Waals surface area contributed by atoms with E-state index in [0.717, 1.165) is 15.2 Å². The van der Waals surface area contributed by atoms with Crippen molar-refractivity contribution < 1.29 is 19.1 Å². The molecule has 1 aliphatic heterocycles. The lowest BCUT2D eigenvalue weighted by Gasteiger charge is -2.09. The van der Waals surface area contributed by atoms with Crippen molar-refractivity contribution in [2.24, 2.45) is 11.0 Å². The number of hydrogen-bond acceptors (Lipinski definition) is 7. The lowest BCUT2D eigenvalue weighted by atomic mass is 9.97. The van der Waals surface area contributed by atoms with Crippen molar-refractivity contribution in [1.29, 1.82) is 0 Å². The van der Waals surface area contributed by atoms with E-state index >= 15 is 0 Å². The Labute approximate surface area is 135 Å². The maximum Gasteiger partial charge on any atom is 0.311 e. The van der Waals surface area contributed by atoms with Crippen molar-refractivity contribution in [3.63, 3.8) is 0 Å². The number of hydrazone groups is 1. The third kappa shape index (κ3) is 2.72. The molecular formula is C15H13N3O4S. The number of hydrogen-bond donors (Lipinski definition) is 0. The monoisotopic (exact) mass is 331 g/mol. The van der Waals surface area contributed by atoms with Crippen molar-refractivity contribution in [2.45, 2.75) is 13.3 Å². The molecule has 0 spiro atoms. The summed E-state index contributed by atoms with van der Waals surface area (Å²) in [7, 11) is 1.24. The van der Waals surface area contributed by atoms with Gasteiger partial charge in [-0.15, -0.1) is 0 Å².